The van der Waals surface area contributed by atoms with Crippen LogP contribution in [-0.2, 0) is 9.59 Å². The van der Waals surface area contributed by atoms with Crippen LogP contribution in [0.15, 0.2) is 18.2 Å². The lowest BCUT2D eigenvalue weighted by molar-refractivity contribution is -0.139. The topological polar surface area (TPSA) is 40.6 Å². The number of nitrogens with zero attached hydrogens (tertiary/aromatic N) is 2. The van der Waals surface area contributed by atoms with Crippen LogP contribution in [0.3, 0.4) is 0 Å². The largest absolute Gasteiger partial charge is 0.336 e. The molecule has 136 valence electrons. The third kappa shape index (κ3) is 3.53. The van der Waals surface area contributed by atoms with Gasteiger partial charge in [-0.3, -0.25) is 9.59 Å². The van der Waals surface area contributed by atoms with Gasteiger partial charge >= 0.3 is 0 Å². The second-order valence-electron chi connectivity index (χ2n) is 7.46. The summed E-state index contributed by atoms with van der Waals surface area (Å²) in [6, 6.07) is 3.50. The van der Waals surface area contributed by atoms with Crippen molar-refractivity contribution in [2.24, 2.45) is 11.8 Å². The van der Waals surface area contributed by atoms with Gasteiger partial charge in [0.15, 0.2) is 0 Å². The van der Waals surface area contributed by atoms with E-state index in [4.69, 9.17) is 0 Å². The molecule has 6 heteroatoms. The van der Waals surface area contributed by atoms with Gasteiger partial charge < -0.3 is 9.80 Å². The number of hydrogen-bond acceptors (Lipinski definition) is 2. The molecule has 1 aromatic carbocycles. The minimum absolute atomic E-state index is 0.0259. The Morgan fingerprint density at radius 2 is 1.92 bits per heavy atom. The van der Waals surface area contributed by atoms with E-state index in [-0.39, 0.29) is 42.6 Å². The van der Waals surface area contributed by atoms with Gasteiger partial charge in [0.25, 0.3) is 0 Å². The van der Waals surface area contributed by atoms with Crippen molar-refractivity contribution >= 4 is 17.5 Å². The second-order valence-corrected chi connectivity index (χ2v) is 7.46. The number of anilines is 1. The van der Waals surface area contributed by atoms with Crippen molar-refractivity contribution in [1.29, 1.82) is 0 Å². The Bertz CT molecular complexity index is 688. The molecule has 0 bridgehead atoms. The van der Waals surface area contributed by atoms with Crippen molar-refractivity contribution in [2.75, 3.05) is 11.4 Å². The van der Waals surface area contributed by atoms with Gasteiger partial charge in [-0.2, -0.15) is 0 Å². The highest BCUT2D eigenvalue weighted by molar-refractivity contribution is 6.00. The zero-order valence-electron chi connectivity index (χ0n) is 14.8. The molecule has 2 aliphatic rings. The van der Waals surface area contributed by atoms with Gasteiger partial charge in [-0.25, -0.2) is 8.78 Å². The first-order valence-corrected chi connectivity index (χ1v) is 8.87. The summed E-state index contributed by atoms with van der Waals surface area (Å²) in [5, 5.41) is 0. The quantitative estimate of drug-likeness (QED) is 0.817. The van der Waals surface area contributed by atoms with Gasteiger partial charge in [-0.1, -0.05) is 13.8 Å². The van der Waals surface area contributed by atoms with Crippen molar-refractivity contribution in [3.05, 3.63) is 29.8 Å². The molecule has 2 atom stereocenters. The SMILES string of the molecule is CC(C)C(C)N(C(=O)C1CC(=O)N(c2ccc(F)cc2F)C1)C1CC1. The highest BCUT2D eigenvalue weighted by atomic mass is 19.1. The summed E-state index contributed by atoms with van der Waals surface area (Å²) >= 11 is 0. The molecule has 0 N–H and O–H groups in total. The molecule has 1 saturated heterocycles. The second kappa shape index (κ2) is 6.73. The summed E-state index contributed by atoms with van der Waals surface area (Å²) in [6.45, 7) is 6.34. The van der Waals surface area contributed by atoms with Gasteiger partial charge in [-0.15, -0.1) is 0 Å². The summed E-state index contributed by atoms with van der Waals surface area (Å²) in [7, 11) is 0. The summed E-state index contributed by atoms with van der Waals surface area (Å²) < 4.78 is 27.1. The van der Waals surface area contributed by atoms with Crippen molar-refractivity contribution in [3.63, 3.8) is 0 Å². The van der Waals surface area contributed by atoms with Crippen molar-refractivity contribution < 1.29 is 18.4 Å². The zero-order valence-corrected chi connectivity index (χ0v) is 14.8. The van der Waals surface area contributed by atoms with Crippen LogP contribution in [0.2, 0.25) is 0 Å². The number of rotatable bonds is 5. The number of hydrogen-bond donors (Lipinski definition) is 0. The van der Waals surface area contributed by atoms with Crippen LogP contribution in [0.1, 0.15) is 40.0 Å². The van der Waals surface area contributed by atoms with Gasteiger partial charge in [0, 0.05) is 31.1 Å². The van der Waals surface area contributed by atoms with Crippen molar-refractivity contribution in [3.8, 4) is 0 Å². The highest BCUT2D eigenvalue weighted by Crippen LogP contribution is 2.35. The first-order valence-electron chi connectivity index (χ1n) is 8.87. The smallest absolute Gasteiger partial charge is 0.228 e. The monoisotopic (exact) mass is 350 g/mol. The number of amides is 2. The molecule has 2 amide bonds. The third-order valence-corrected chi connectivity index (χ3v) is 5.27. The maximum Gasteiger partial charge on any atom is 0.228 e. The predicted molar refractivity (Wildman–Crippen MR) is 91.0 cm³/mol. The maximum absolute atomic E-state index is 14.0. The number of benzene rings is 1. The number of halogens is 2. The van der Waals surface area contributed by atoms with E-state index in [1.54, 1.807) is 0 Å². The van der Waals surface area contributed by atoms with Crippen molar-refractivity contribution in [1.82, 2.24) is 4.90 Å². The Kier molecular flexibility index (Phi) is 4.80. The Balaban J connectivity index is 1.78. The van der Waals surface area contributed by atoms with Crippen LogP contribution in [0.25, 0.3) is 0 Å². The van der Waals surface area contributed by atoms with Crippen LogP contribution in [-0.4, -0.2) is 35.3 Å². The van der Waals surface area contributed by atoms with Crippen LogP contribution in [0.4, 0.5) is 14.5 Å². The molecule has 1 saturated carbocycles. The van der Waals surface area contributed by atoms with Gasteiger partial charge in [-0.05, 0) is 37.8 Å². The van der Waals surface area contributed by atoms with Crippen LogP contribution >= 0.6 is 0 Å². The van der Waals surface area contributed by atoms with E-state index in [0.717, 1.165) is 25.0 Å². The lowest BCUT2D eigenvalue weighted by atomic mass is 10.0. The molecule has 2 fully saturated rings. The first-order chi connectivity index (χ1) is 11.8. The van der Waals surface area contributed by atoms with E-state index in [0.29, 0.717) is 5.92 Å². The summed E-state index contributed by atoms with van der Waals surface area (Å²) in [6.07, 6.45) is 2.07. The fourth-order valence-electron chi connectivity index (χ4n) is 3.40. The minimum atomic E-state index is -0.781. The molecule has 0 aromatic heterocycles. The van der Waals surface area contributed by atoms with Crippen molar-refractivity contribution in [2.45, 2.75) is 52.1 Å². The molecular weight excluding hydrogens is 326 g/mol. The molecule has 2 unspecified atom stereocenters. The third-order valence-electron chi connectivity index (χ3n) is 5.27. The first kappa shape index (κ1) is 17.8. The van der Waals surface area contributed by atoms with Crippen LogP contribution < -0.4 is 4.90 Å². The lowest BCUT2D eigenvalue weighted by Crippen LogP contribution is -2.46. The fraction of sp³-hybridized carbons (Fsp3) is 0.579. The average Bonchev–Trinajstić information content (AvgIpc) is 3.29. The molecule has 0 spiro atoms. The predicted octanol–water partition coefficient (Wildman–Crippen LogP) is 3.35. The highest BCUT2D eigenvalue weighted by Gasteiger charge is 2.43. The van der Waals surface area contributed by atoms with Gasteiger partial charge in [0.1, 0.15) is 11.6 Å². The fourth-order valence-corrected chi connectivity index (χ4v) is 3.40. The lowest BCUT2D eigenvalue weighted by Gasteiger charge is -2.34. The van der Waals surface area contributed by atoms with E-state index in [9.17, 15) is 18.4 Å². The average molecular weight is 350 g/mol. The molecule has 1 aliphatic carbocycles. The zero-order chi connectivity index (χ0) is 18.3. The van der Waals surface area contributed by atoms with E-state index in [2.05, 4.69) is 13.8 Å². The summed E-state index contributed by atoms with van der Waals surface area (Å²) in [5.74, 6) is -1.94. The molecule has 4 nitrogen and oxygen atoms in total. The van der Waals surface area contributed by atoms with Gasteiger partial charge in [0.05, 0.1) is 11.6 Å². The number of carbonyl (C=O) groups excluding carboxylic acids is 2. The summed E-state index contributed by atoms with van der Waals surface area (Å²) in [4.78, 5) is 28.6. The molecule has 1 heterocycles. The van der Waals surface area contributed by atoms with E-state index in [1.165, 1.54) is 11.0 Å². The summed E-state index contributed by atoms with van der Waals surface area (Å²) in [5.41, 5.74) is 0.0385. The molecule has 3 rings (SSSR count). The Labute approximate surface area is 146 Å². The van der Waals surface area contributed by atoms with Crippen LogP contribution in [0.5, 0.6) is 0 Å². The Morgan fingerprint density at radius 3 is 2.48 bits per heavy atom. The molecular formula is C19H24F2N2O2. The Morgan fingerprint density at radius 1 is 1.24 bits per heavy atom. The standard InChI is InChI=1S/C19H24F2N2O2/c1-11(2)12(3)23(15-5-6-15)19(25)13-8-18(24)22(10-13)17-7-4-14(20)9-16(17)21/h4,7,9,11-13,15H,5-6,8,10H2,1-3H3. The molecule has 1 aliphatic heterocycles. The Hall–Kier alpha value is -1.98. The van der Waals surface area contributed by atoms with Gasteiger partial charge in [0.2, 0.25) is 11.8 Å². The van der Waals surface area contributed by atoms with E-state index >= 15 is 0 Å². The minimum Gasteiger partial charge on any atom is -0.336 e. The number of carbonyl (C=O) groups is 2. The van der Waals surface area contributed by atoms with E-state index < -0.39 is 17.6 Å². The van der Waals surface area contributed by atoms with E-state index in [1.807, 2.05) is 11.8 Å². The maximum atomic E-state index is 14.0. The normalized spacial score (nSPS) is 21.8. The molecule has 0 radical (unpaired) electrons. The molecule has 25 heavy (non-hydrogen) atoms. The molecule has 1 aromatic rings. The van der Waals surface area contributed by atoms with Crippen LogP contribution in [0, 0.1) is 23.5 Å².